The van der Waals surface area contributed by atoms with Crippen molar-refractivity contribution in [2.45, 2.75) is 19.6 Å². The first-order chi connectivity index (χ1) is 10.1. The monoisotopic (exact) mass is 288 g/mol. The van der Waals surface area contributed by atoms with Gasteiger partial charge in [0.25, 0.3) is 0 Å². The summed E-state index contributed by atoms with van der Waals surface area (Å²) in [4.78, 5) is 2.18. The van der Waals surface area contributed by atoms with Crippen LogP contribution in [0.1, 0.15) is 16.7 Å². The molecule has 2 rings (SSSR count). The Morgan fingerprint density at radius 2 is 1.67 bits per heavy atom. The zero-order chi connectivity index (χ0) is 15.2. The number of nitrogens with two attached hydrogens (primary N) is 1. The van der Waals surface area contributed by atoms with Gasteiger partial charge in [0, 0.05) is 25.2 Å². The van der Waals surface area contributed by atoms with E-state index in [1.807, 2.05) is 31.3 Å². The highest BCUT2D eigenvalue weighted by molar-refractivity contribution is 5.37. The maximum Gasteiger partial charge on any atom is 0.123 e. The summed E-state index contributed by atoms with van der Waals surface area (Å²) >= 11 is 0. The molecule has 21 heavy (non-hydrogen) atoms. The second-order valence-corrected chi connectivity index (χ2v) is 5.15. The predicted octanol–water partition coefficient (Wildman–Crippen LogP) is 2.93. The van der Waals surface area contributed by atoms with Crippen molar-refractivity contribution in [3.63, 3.8) is 0 Å². The van der Waals surface area contributed by atoms with Crippen LogP contribution in [0.15, 0.2) is 42.5 Å². The largest absolute Gasteiger partial charge is 0.496 e. The number of ether oxygens (including phenoxy) is 1. The molecule has 0 aromatic heterocycles. The summed E-state index contributed by atoms with van der Waals surface area (Å²) < 4.78 is 18.2. The number of halogens is 1. The smallest absolute Gasteiger partial charge is 0.123 e. The fourth-order valence-electron chi connectivity index (χ4n) is 2.36. The van der Waals surface area contributed by atoms with Gasteiger partial charge in [-0.1, -0.05) is 18.2 Å². The first kappa shape index (κ1) is 15.5. The molecule has 0 heterocycles. The van der Waals surface area contributed by atoms with Gasteiger partial charge in [0.15, 0.2) is 0 Å². The average molecular weight is 288 g/mol. The zero-order valence-corrected chi connectivity index (χ0v) is 12.5. The Kier molecular flexibility index (Phi) is 5.31. The molecule has 2 aromatic carbocycles. The second kappa shape index (κ2) is 7.20. The Bertz CT molecular complexity index is 584. The van der Waals surface area contributed by atoms with Gasteiger partial charge < -0.3 is 10.5 Å². The topological polar surface area (TPSA) is 38.5 Å². The van der Waals surface area contributed by atoms with Crippen LogP contribution in [0, 0.1) is 5.82 Å². The van der Waals surface area contributed by atoms with Crippen LogP contribution in [0.5, 0.6) is 5.75 Å². The van der Waals surface area contributed by atoms with Crippen molar-refractivity contribution in [2.75, 3.05) is 14.2 Å². The maximum atomic E-state index is 12.9. The summed E-state index contributed by atoms with van der Waals surface area (Å²) in [6.45, 7) is 2.03. The van der Waals surface area contributed by atoms with Crippen LogP contribution in [0.2, 0.25) is 0 Å². The minimum Gasteiger partial charge on any atom is -0.496 e. The van der Waals surface area contributed by atoms with Gasteiger partial charge in [-0.05, 0) is 42.4 Å². The van der Waals surface area contributed by atoms with E-state index in [1.54, 1.807) is 7.11 Å². The van der Waals surface area contributed by atoms with Crippen molar-refractivity contribution >= 4 is 0 Å². The Morgan fingerprint density at radius 3 is 2.29 bits per heavy atom. The highest BCUT2D eigenvalue weighted by Gasteiger charge is 2.06. The lowest BCUT2D eigenvalue weighted by atomic mass is 10.1. The van der Waals surface area contributed by atoms with E-state index in [9.17, 15) is 4.39 Å². The van der Waals surface area contributed by atoms with Crippen LogP contribution >= 0.6 is 0 Å². The maximum absolute atomic E-state index is 12.9. The lowest BCUT2D eigenvalue weighted by Gasteiger charge is -2.18. The lowest BCUT2D eigenvalue weighted by molar-refractivity contribution is 0.318. The molecule has 0 unspecified atom stereocenters. The summed E-state index contributed by atoms with van der Waals surface area (Å²) in [6, 6.07) is 12.7. The number of hydrogen-bond acceptors (Lipinski definition) is 3. The number of benzene rings is 2. The summed E-state index contributed by atoms with van der Waals surface area (Å²) in [5, 5.41) is 0. The fourth-order valence-corrected chi connectivity index (χ4v) is 2.36. The molecule has 2 aromatic rings. The summed E-state index contributed by atoms with van der Waals surface area (Å²) in [6.07, 6.45) is 0. The summed E-state index contributed by atoms with van der Waals surface area (Å²) in [5.41, 5.74) is 9.01. The molecule has 0 aliphatic carbocycles. The molecule has 112 valence electrons. The van der Waals surface area contributed by atoms with E-state index in [1.165, 1.54) is 17.7 Å². The van der Waals surface area contributed by atoms with Gasteiger partial charge in [0.05, 0.1) is 7.11 Å². The third-order valence-corrected chi connectivity index (χ3v) is 3.38. The van der Waals surface area contributed by atoms with Crippen LogP contribution in [0.25, 0.3) is 0 Å². The summed E-state index contributed by atoms with van der Waals surface area (Å²) in [7, 11) is 3.69. The molecule has 4 heteroatoms. The van der Waals surface area contributed by atoms with E-state index in [0.717, 1.165) is 30.0 Å². The van der Waals surface area contributed by atoms with Crippen LogP contribution in [-0.2, 0) is 19.6 Å². The van der Waals surface area contributed by atoms with Crippen LogP contribution in [-0.4, -0.2) is 19.1 Å². The molecule has 0 amide bonds. The number of rotatable bonds is 6. The first-order valence-electron chi connectivity index (χ1n) is 6.91. The number of nitrogens with zero attached hydrogens (tertiary/aromatic N) is 1. The molecule has 2 N–H and O–H groups in total. The molecular formula is C17H21FN2O. The molecule has 0 bridgehead atoms. The summed E-state index contributed by atoms with van der Waals surface area (Å²) in [5.74, 6) is 0.617. The third kappa shape index (κ3) is 4.28. The third-order valence-electron chi connectivity index (χ3n) is 3.38. The molecule has 0 fully saturated rings. The normalized spacial score (nSPS) is 10.9. The molecule has 0 aliphatic heterocycles. The van der Waals surface area contributed by atoms with E-state index in [0.29, 0.717) is 6.54 Å². The van der Waals surface area contributed by atoms with Gasteiger partial charge in [-0.2, -0.15) is 0 Å². The molecule has 0 saturated heterocycles. The van der Waals surface area contributed by atoms with Crippen LogP contribution < -0.4 is 10.5 Å². The van der Waals surface area contributed by atoms with Gasteiger partial charge in [0.2, 0.25) is 0 Å². The average Bonchev–Trinajstić information content (AvgIpc) is 2.49. The molecule has 0 aliphatic rings. The van der Waals surface area contributed by atoms with Crippen LogP contribution in [0.4, 0.5) is 4.39 Å². The van der Waals surface area contributed by atoms with Gasteiger partial charge in [0.1, 0.15) is 11.6 Å². The van der Waals surface area contributed by atoms with E-state index in [2.05, 4.69) is 11.0 Å². The van der Waals surface area contributed by atoms with Gasteiger partial charge in [-0.25, -0.2) is 4.39 Å². The van der Waals surface area contributed by atoms with E-state index < -0.39 is 0 Å². The molecule has 0 radical (unpaired) electrons. The van der Waals surface area contributed by atoms with Crippen molar-refractivity contribution in [1.29, 1.82) is 0 Å². The Hall–Kier alpha value is -1.91. The molecule has 0 atom stereocenters. The van der Waals surface area contributed by atoms with Crippen molar-refractivity contribution in [1.82, 2.24) is 4.90 Å². The standard InChI is InChI=1S/C17H21FN2O/c1-20(11-13-3-6-16(18)7-4-13)12-14-5-8-17(21-2)15(9-14)10-19/h3-9H,10-12,19H2,1-2H3. The molecule has 0 spiro atoms. The highest BCUT2D eigenvalue weighted by atomic mass is 19.1. The van der Waals surface area contributed by atoms with E-state index in [4.69, 9.17) is 10.5 Å². The van der Waals surface area contributed by atoms with Crippen molar-refractivity contribution in [2.24, 2.45) is 5.73 Å². The molecule has 0 saturated carbocycles. The molecular weight excluding hydrogens is 267 g/mol. The highest BCUT2D eigenvalue weighted by Crippen LogP contribution is 2.20. The van der Waals surface area contributed by atoms with E-state index >= 15 is 0 Å². The predicted molar refractivity (Wildman–Crippen MR) is 82.5 cm³/mol. The minimum absolute atomic E-state index is 0.204. The zero-order valence-electron chi connectivity index (χ0n) is 12.5. The van der Waals surface area contributed by atoms with Crippen molar-refractivity contribution in [3.05, 3.63) is 65.0 Å². The first-order valence-corrected chi connectivity index (χ1v) is 6.91. The lowest BCUT2D eigenvalue weighted by Crippen LogP contribution is -2.17. The van der Waals surface area contributed by atoms with E-state index in [-0.39, 0.29) is 5.82 Å². The quantitative estimate of drug-likeness (QED) is 0.888. The van der Waals surface area contributed by atoms with Gasteiger partial charge >= 0.3 is 0 Å². The van der Waals surface area contributed by atoms with Crippen molar-refractivity contribution in [3.8, 4) is 5.75 Å². The molecule has 3 nitrogen and oxygen atoms in total. The Labute approximate surface area is 125 Å². The van der Waals surface area contributed by atoms with Gasteiger partial charge in [-0.3, -0.25) is 4.90 Å². The van der Waals surface area contributed by atoms with Crippen molar-refractivity contribution < 1.29 is 9.13 Å². The SMILES string of the molecule is COc1ccc(CN(C)Cc2ccc(F)cc2)cc1CN. The minimum atomic E-state index is -0.204. The van der Waals surface area contributed by atoms with Crippen LogP contribution in [0.3, 0.4) is 0 Å². The van der Waals surface area contributed by atoms with Gasteiger partial charge in [-0.15, -0.1) is 0 Å². The Balaban J connectivity index is 2.02. The second-order valence-electron chi connectivity index (χ2n) is 5.15. The fraction of sp³-hybridized carbons (Fsp3) is 0.294. The number of methoxy groups -OCH3 is 1. The number of hydrogen-bond donors (Lipinski definition) is 1. The Morgan fingerprint density at radius 1 is 1.05 bits per heavy atom.